The van der Waals surface area contributed by atoms with Gasteiger partial charge in [0.15, 0.2) is 0 Å². The number of hydrogen-bond donors (Lipinski definition) is 1. The number of aromatic nitrogens is 2. The molecule has 2 heterocycles. The molecule has 0 radical (unpaired) electrons. The van der Waals surface area contributed by atoms with E-state index in [1.807, 2.05) is 28.9 Å². The van der Waals surface area contributed by atoms with Gasteiger partial charge in [-0.1, -0.05) is 24.3 Å². The molecular weight excluding hydrogens is 222 g/mol. The molecule has 0 saturated carbocycles. The minimum Gasteiger partial charge on any atom is -0.326 e. The summed E-state index contributed by atoms with van der Waals surface area (Å²) in [5.74, 6) is 0. The first-order valence-corrected chi connectivity index (χ1v) is 6.01. The smallest absolute Gasteiger partial charge is 0.137 e. The Morgan fingerprint density at radius 2 is 1.94 bits per heavy atom. The molecule has 1 aromatic carbocycles. The van der Waals surface area contributed by atoms with E-state index in [2.05, 4.69) is 36.2 Å². The Bertz CT molecular complexity index is 681. The average Bonchev–Trinajstić information content (AvgIpc) is 2.81. The second-order valence-electron chi connectivity index (χ2n) is 4.50. The molecule has 0 saturated heterocycles. The molecule has 0 atom stereocenters. The fraction of sp³-hybridized carbons (Fsp3) is 0.133. The minimum atomic E-state index is 0.574. The number of benzene rings is 1. The Balaban J connectivity index is 2.07. The summed E-state index contributed by atoms with van der Waals surface area (Å²) in [6.07, 6.45) is 4.08. The van der Waals surface area contributed by atoms with Crippen molar-refractivity contribution in [3.8, 4) is 11.3 Å². The zero-order chi connectivity index (χ0) is 12.5. The number of nitrogens with two attached hydrogens (primary N) is 1. The van der Waals surface area contributed by atoms with Gasteiger partial charge in [-0.15, -0.1) is 0 Å². The average molecular weight is 237 g/mol. The van der Waals surface area contributed by atoms with E-state index < -0.39 is 0 Å². The van der Waals surface area contributed by atoms with Crippen LogP contribution in [-0.2, 0) is 6.54 Å². The van der Waals surface area contributed by atoms with Crippen molar-refractivity contribution >= 4 is 5.65 Å². The summed E-state index contributed by atoms with van der Waals surface area (Å²) >= 11 is 0. The van der Waals surface area contributed by atoms with Gasteiger partial charge in [0.2, 0.25) is 0 Å². The lowest BCUT2D eigenvalue weighted by Crippen LogP contribution is -1.95. The lowest BCUT2D eigenvalue weighted by molar-refractivity contribution is 1.07. The van der Waals surface area contributed by atoms with Crippen LogP contribution in [0.25, 0.3) is 16.9 Å². The number of hydrogen-bond acceptors (Lipinski definition) is 2. The molecule has 3 rings (SSSR count). The second kappa shape index (κ2) is 4.27. The highest BCUT2D eigenvalue weighted by Crippen LogP contribution is 2.20. The highest BCUT2D eigenvalue weighted by Gasteiger charge is 2.04. The van der Waals surface area contributed by atoms with Gasteiger partial charge in [0.05, 0.1) is 5.69 Å². The molecule has 0 fully saturated rings. The largest absolute Gasteiger partial charge is 0.326 e. The van der Waals surface area contributed by atoms with Gasteiger partial charge in [0, 0.05) is 24.5 Å². The first-order chi connectivity index (χ1) is 8.76. The quantitative estimate of drug-likeness (QED) is 0.744. The van der Waals surface area contributed by atoms with Crippen molar-refractivity contribution in [3.63, 3.8) is 0 Å². The Morgan fingerprint density at radius 1 is 1.17 bits per heavy atom. The van der Waals surface area contributed by atoms with Gasteiger partial charge in [0.25, 0.3) is 0 Å². The van der Waals surface area contributed by atoms with Crippen LogP contribution < -0.4 is 5.73 Å². The summed E-state index contributed by atoms with van der Waals surface area (Å²) in [6.45, 7) is 2.65. The number of pyridine rings is 1. The number of imidazole rings is 1. The standard InChI is InChI=1S/C15H15N3/c1-11-6-7-18-10-14(17-15(18)8-11)13-4-2-12(9-16)3-5-13/h2-8,10H,9,16H2,1H3. The van der Waals surface area contributed by atoms with Crippen molar-refractivity contribution in [1.29, 1.82) is 0 Å². The molecule has 3 nitrogen and oxygen atoms in total. The summed E-state index contributed by atoms with van der Waals surface area (Å²) in [5.41, 5.74) is 11.0. The molecule has 90 valence electrons. The predicted molar refractivity (Wildman–Crippen MR) is 73.3 cm³/mol. The van der Waals surface area contributed by atoms with Crippen molar-refractivity contribution in [2.75, 3.05) is 0 Å². The lowest BCUT2D eigenvalue weighted by Gasteiger charge is -1.98. The summed E-state index contributed by atoms with van der Waals surface area (Å²) in [5, 5.41) is 0. The molecule has 0 aliphatic carbocycles. The van der Waals surface area contributed by atoms with Crippen LogP contribution in [0.15, 0.2) is 48.8 Å². The first kappa shape index (κ1) is 11.0. The van der Waals surface area contributed by atoms with Crippen LogP contribution in [0.1, 0.15) is 11.1 Å². The van der Waals surface area contributed by atoms with E-state index in [-0.39, 0.29) is 0 Å². The Morgan fingerprint density at radius 3 is 2.67 bits per heavy atom. The maximum atomic E-state index is 5.60. The lowest BCUT2D eigenvalue weighted by atomic mass is 10.1. The van der Waals surface area contributed by atoms with Gasteiger partial charge >= 0.3 is 0 Å². The molecule has 0 bridgehead atoms. The molecule has 0 aliphatic heterocycles. The molecule has 0 unspecified atom stereocenters. The van der Waals surface area contributed by atoms with E-state index in [1.165, 1.54) is 5.56 Å². The Kier molecular flexibility index (Phi) is 2.61. The SMILES string of the molecule is Cc1ccn2cc(-c3ccc(CN)cc3)nc2c1. The summed E-state index contributed by atoms with van der Waals surface area (Å²) < 4.78 is 2.04. The van der Waals surface area contributed by atoms with Gasteiger partial charge in [-0.25, -0.2) is 4.98 Å². The normalized spacial score (nSPS) is 11.0. The van der Waals surface area contributed by atoms with E-state index in [4.69, 9.17) is 5.73 Å². The predicted octanol–water partition coefficient (Wildman–Crippen LogP) is 2.77. The molecule has 3 heteroatoms. The fourth-order valence-corrected chi connectivity index (χ4v) is 2.03. The molecule has 0 aliphatic rings. The van der Waals surface area contributed by atoms with E-state index in [9.17, 15) is 0 Å². The maximum Gasteiger partial charge on any atom is 0.137 e. The van der Waals surface area contributed by atoms with Gasteiger partial charge in [-0.2, -0.15) is 0 Å². The molecule has 2 N–H and O–H groups in total. The number of aryl methyl sites for hydroxylation is 1. The van der Waals surface area contributed by atoms with Crippen molar-refractivity contribution in [2.45, 2.75) is 13.5 Å². The molecular formula is C15H15N3. The van der Waals surface area contributed by atoms with Crippen LogP contribution >= 0.6 is 0 Å². The Hall–Kier alpha value is -2.13. The van der Waals surface area contributed by atoms with Crippen LogP contribution in [0.4, 0.5) is 0 Å². The molecule has 18 heavy (non-hydrogen) atoms. The minimum absolute atomic E-state index is 0.574. The van der Waals surface area contributed by atoms with Crippen molar-refractivity contribution < 1.29 is 0 Å². The fourth-order valence-electron chi connectivity index (χ4n) is 2.03. The number of rotatable bonds is 2. The third kappa shape index (κ3) is 1.89. The zero-order valence-electron chi connectivity index (χ0n) is 10.3. The van der Waals surface area contributed by atoms with Crippen LogP contribution in [-0.4, -0.2) is 9.38 Å². The molecule has 0 amide bonds. The number of fused-ring (bicyclic) bond motifs is 1. The zero-order valence-corrected chi connectivity index (χ0v) is 10.3. The monoisotopic (exact) mass is 237 g/mol. The molecule has 3 aromatic rings. The maximum absolute atomic E-state index is 5.60. The topological polar surface area (TPSA) is 43.3 Å². The van der Waals surface area contributed by atoms with Crippen LogP contribution in [0.2, 0.25) is 0 Å². The van der Waals surface area contributed by atoms with Crippen LogP contribution in [0, 0.1) is 6.92 Å². The van der Waals surface area contributed by atoms with Crippen molar-refractivity contribution in [1.82, 2.24) is 9.38 Å². The van der Waals surface area contributed by atoms with Gasteiger partial charge < -0.3 is 10.1 Å². The molecule has 0 spiro atoms. The first-order valence-electron chi connectivity index (χ1n) is 6.01. The summed E-state index contributed by atoms with van der Waals surface area (Å²) in [7, 11) is 0. The Labute approximate surface area is 106 Å². The van der Waals surface area contributed by atoms with Crippen LogP contribution in [0.3, 0.4) is 0 Å². The van der Waals surface area contributed by atoms with Crippen LogP contribution in [0.5, 0.6) is 0 Å². The molecule has 2 aromatic heterocycles. The van der Waals surface area contributed by atoms with E-state index in [0.717, 1.165) is 22.5 Å². The third-order valence-electron chi connectivity index (χ3n) is 3.10. The highest BCUT2D eigenvalue weighted by molar-refractivity contribution is 5.63. The van der Waals surface area contributed by atoms with Crippen molar-refractivity contribution in [3.05, 3.63) is 59.9 Å². The van der Waals surface area contributed by atoms with Crippen molar-refractivity contribution in [2.24, 2.45) is 5.73 Å². The van der Waals surface area contributed by atoms with Gasteiger partial charge in [-0.3, -0.25) is 0 Å². The third-order valence-corrected chi connectivity index (χ3v) is 3.10. The second-order valence-corrected chi connectivity index (χ2v) is 4.50. The van der Waals surface area contributed by atoms with E-state index in [0.29, 0.717) is 6.54 Å². The highest BCUT2D eigenvalue weighted by atomic mass is 15.0. The summed E-state index contributed by atoms with van der Waals surface area (Å²) in [4.78, 5) is 4.63. The summed E-state index contributed by atoms with van der Waals surface area (Å²) in [6, 6.07) is 12.4. The van der Waals surface area contributed by atoms with E-state index in [1.54, 1.807) is 0 Å². The van der Waals surface area contributed by atoms with E-state index >= 15 is 0 Å². The number of nitrogens with zero attached hydrogens (tertiary/aromatic N) is 2. The van der Waals surface area contributed by atoms with Gasteiger partial charge in [-0.05, 0) is 30.2 Å². The van der Waals surface area contributed by atoms with Gasteiger partial charge in [0.1, 0.15) is 5.65 Å².